The van der Waals surface area contributed by atoms with Gasteiger partial charge in [0, 0.05) is 38.4 Å². The molecule has 5 heteroatoms. The molecule has 5 nitrogen and oxygen atoms in total. The van der Waals surface area contributed by atoms with Crippen molar-refractivity contribution in [2.24, 2.45) is 0 Å². The first-order chi connectivity index (χ1) is 27.0. The van der Waals surface area contributed by atoms with Crippen molar-refractivity contribution in [2.45, 2.75) is 19.3 Å². The average Bonchev–Trinajstić information content (AvgIpc) is 3.89. The highest BCUT2D eigenvalue weighted by molar-refractivity contribution is 6.28. The second kappa shape index (κ2) is 11.0. The third-order valence-corrected chi connectivity index (χ3v) is 12.0. The summed E-state index contributed by atoms with van der Waals surface area (Å²) in [5.74, 6) is 1.22. The first-order valence-corrected chi connectivity index (χ1v) is 18.9. The van der Waals surface area contributed by atoms with Gasteiger partial charge < -0.3 is 4.57 Å². The molecule has 0 N–H and O–H groups in total. The van der Waals surface area contributed by atoms with Crippen molar-refractivity contribution in [3.63, 3.8) is 0 Å². The average molecular weight is 704 g/mol. The van der Waals surface area contributed by atoms with Crippen LogP contribution in [0.1, 0.15) is 25.0 Å². The Morgan fingerprint density at radius 3 is 1.80 bits per heavy atom. The van der Waals surface area contributed by atoms with Gasteiger partial charge in [-0.2, -0.15) is 9.50 Å². The minimum Gasteiger partial charge on any atom is -0.309 e. The van der Waals surface area contributed by atoms with Gasteiger partial charge in [0.2, 0.25) is 0 Å². The lowest BCUT2D eigenvalue weighted by Crippen LogP contribution is -2.14. The van der Waals surface area contributed by atoms with Gasteiger partial charge in [-0.15, -0.1) is 5.10 Å². The van der Waals surface area contributed by atoms with E-state index in [-0.39, 0.29) is 5.41 Å². The van der Waals surface area contributed by atoms with E-state index in [9.17, 15) is 0 Å². The summed E-state index contributed by atoms with van der Waals surface area (Å²) in [6.45, 7) is 4.63. The van der Waals surface area contributed by atoms with Gasteiger partial charge in [0.1, 0.15) is 0 Å². The monoisotopic (exact) mass is 703 g/mol. The molecule has 0 atom stereocenters. The fourth-order valence-corrected chi connectivity index (χ4v) is 9.35. The van der Waals surface area contributed by atoms with E-state index in [1.807, 2.05) is 4.52 Å². The van der Waals surface area contributed by atoms with Crippen molar-refractivity contribution in [3.05, 3.63) is 175 Å². The van der Waals surface area contributed by atoms with Crippen LogP contribution in [0.25, 0.3) is 99.5 Å². The maximum Gasteiger partial charge on any atom is 0.253 e. The van der Waals surface area contributed by atoms with Gasteiger partial charge in [-0.3, -0.25) is 0 Å². The maximum atomic E-state index is 5.20. The van der Waals surface area contributed by atoms with E-state index in [1.54, 1.807) is 0 Å². The summed E-state index contributed by atoms with van der Waals surface area (Å²) in [5.41, 5.74) is 12.6. The zero-order chi connectivity index (χ0) is 36.4. The SMILES string of the molecule is CC1(C)c2ccccc2-c2cc(-c3nc4nc(-c5ccc(-n6c7ccc8ccccc8c7c7c8ccccc8ccc76)cc5)nn4c4ccccc34)ccc21. The quantitative estimate of drug-likeness (QED) is 0.184. The molecule has 0 fully saturated rings. The van der Waals surface area contributed by atoms with Crippen LogP contribution in [0.15, 0.2) is 164 Å². The smallest absolute Gasteiger partial charge is 0.253 e. The van der Waals surface area contributed by atoms with E-state index >= 15 is 0 Å². The molecule has 1 aliphatic carbocycles. The Kier molecular flexibility index (Phi) is 6.05. The molecular formula is C50H33N5. The molecular weight excluding hydrogens is 671 g/mol. The zero-order valence-corrected chi connectivity index (χ0v) is 30.3. The van der Waals surface area contributed by atoms with Gasteiger partial charge in [0.15, 0.2) is 5.82 Å². The van der Waals surface area contributed by atoms with Crippen LogP contribution in [0.4, 0.5) is 0 Å². The highest BCUT2D eigenvalue weighted by Gasteiger charge is 2.35. The Morgan fingerprint density at radius 1 is 0.473 bits per heavy atom. The number of fused-ring (bicyclic) bond motifs is 13. The summed E-state index contributed by atoms with van der Waals surface area (Å²) in [6, 6.07) is 59.0. The minimum atomic E-state index is -0.0499. The standard InChI is InChI=1S/C50H33N5/c1-50(2)40-17-9-7-15-37(40)39-29-33(21-26-41(39)50)47-38-16-8-10-18-42(38)55-49(51-47)52-48(53-55)32-19-24-34(25-20-32)54-43-27-22-30-11-3-5-13-35(30)45(43)46-36-14-6-4-12-31(36)23-28-44(46)54/h3-29H,1-2H3. The van der Waals surface area contributed by atoms with Gasteiger partial charge >= 0.3 is 0 Å². The Balaban J connectivity index is 0.999. The maximum absolute atomic E-state index is 5.20. The third kappa shape index (κ3) is 4.21. The van der Waals surface area contributed by atoms with Crippen LogP contribution in [-0.2, 0) is 5.41 Å². The van der Waals surface area contributed by atoms with Crippen LogP contribution in [-0.4, -0.2) is 24.1 Å². The van der Waals surface area contributed by atoms with E-state index in [2.05, 4.69) is 182 Å². The summed E-state index contributed by atoms with van der Waals surface area (Å²) >= 11 is 0. The third-order valence-electron chi connectivity index (χ3n) is 12.0. The molecule has 3 aromatic heterocycles. The van der Waals surface area contributed by atoms with Crippen LogP contribution >= 0.6 is 0 Å². The van der Waals surface area contributed by atoms with E-state index in [1.165, 1.54) is 65.6 Å². The first kappa shape index (κ1) is 30.4. The largest absolute Gasteiger partial charge is 0.309 e. The Morgan fingerprint density at radius 2 is 1.07 bits per heavy atom. The Hall–Kier alpha value is -7.11. The summed E-state index contributed by atoms with van der Waals surface area (Å²) in [7, 11) is 0. The van der Waals surface area contributed by atoms with E-state index < -0.39 is 0 Å². The van der Waals surface area contributed by atoms with Crippen molar-refractivity contribution in [3.8, 4) is 39.5 Å². The van der Waals surface area contributed by atoms with Gasteiger partial charge in [0.25, 0.3) is 5.78 Å². The molecule has 0 bridgehead atoms. The molecule has 0 unspecified atom stereocenters. The molecule has 8 aromatic carbocycles. The van der Waals surface area contributed by atoms with E-state index in [4.69, 9.17) is 15.1 Å². The summed E-state index contributed by atoms with van der Waals surface area (Å²) < 4.78 is 4.28. The van der Waals surface area contributed by atoms with Crippen LogP contribution < -0.4 is 0 Å². The number of hydrogen-bond acceptors (Lipinski definition) is 3. The van der Waals surface area contributed by atoms with Crippen molar-refractivity contribution in [1.82, 2.24) is 24.1 Å². The Labute approximate surface area is 316 Å². The molecule has 258 valence electrons. The number of aromatic nitrogens is 5. The lowest BCUT2D eigenvalue weighted by molar-refractivity contribution is 0.660. The molecule has 3 heterocycles. The highest BCUT2D eigenvalue weighted by Crippen LogP contribution is 2.50. The number of nitrogens with zero attached hydrogens (tertiary/aromatic N) is 5. The zero-order valence-electron chi connectivity index (χ0n) is 30.3. The molecule has 11 aromatic rings. The van der Waals surface area contributed by atoms with Crippen LogP contribution in [0.5, 0.6) is 0 Å². The van der Waals surface area contributed by atoms with Crippen molar-refractivity contribution in [2.75, 3.05) is 0 Å². The first-order valence-electron chi connectivity index (χ1n) is 18.9. The van der Waals surface area contributed by atoms with Crippen LogP contribution in [0.3, 0.4) is 0 Å². The predicted molar refractivity (Wildman–Crippen MR) is 226 cm³/mol. The molecule has 0 spiro atoms. The fourth-order valence-electron chi connectivity index (χ4n) is 9.35. The summed E-state index contributed by atoms with van der Waals surface area (Å²) in [6.07, 6.45) is 0. The highest BCUT2D eigenvalue weighted by atomic mass is 15.3. The molecule has 0 radical (unpaired) electrons. The number of para-hydroxylation sites is 1. The minimum absolute atomic E-state index is 0.0499. The number of benzene rings is 8. The second-order valence-electron chi connectivity index (χ2n) is 15.3. The van der Waals surface area contributed by atoms with Crippen molar-refractivity contribution in [1.29, 1.82) is 0 Å². The Bertz CT molecular complexity index is 3310. The van der Waals surface area contributed by atoms with Gasteiger partial charge in [-0.25, -0.2) is 4.98 Å². The summed E-state index contributed by atoms with van der Waals surface area (Å²) in [4.78, 5) is 10.2. The molecule has 0 saturated heterocycles. The molecule has 0 amide bonds. The molecule has 0 saturated carbocycles. The van der Waals surface area contributed by atoms with Gasteiger partial charge in [-0.1, -0.05) is 129 Å². The van der Waals surface area contributed by atoms with E-state index in [0.717, 1.165) is 33.4 Å². The predicted octanol–water partition coefficient (Wildman–Crippen LogP) is 12.3. The van der Waals surface area contributed by atoms with Crippen LogP contribution in [0.2, 0.25) is 0 Å². The lowest BCUT2D eigenvalue weighted by atomic mass is 9.82. The molecule has 55 heavy (non-hydrogen) atoms. The summed E-state index contributed by atoms with van der Waals surface area (Å²) in [5, 5.41) is 13.7. The molecule has 12 rings (SSSR count). The molecule has 0 aliphatic heterocycles. The van der Waals surface area contributed by atoms with Gasteiger partial charge in [-0.05, 0) is 92.3 Å². The van der Waals surface area contributed by atoms with E-state index in [0.29, 0.717) is 11.6 Å². The second-order valence-corrected chi connectivity index (χ2v) is 15.3. The number of rotatable bonds is 3. The van der Waals surface area contributed by atoms with Crippen molar-refractivity contribution < 1.29 is 0 Å². The number of hydrogen-bond donors (Lipinski definition) is 0. The fraction of sp³-hybridized carbons (Fsp3) is 0.0600. The topological polar surface area (TPSA) is 48.0 Å². The lowest BCUT2D eigenvalue weighted by Gasteiger charge is -2.21. The van der Waals surface area contributed by atoms with Crippen LogP contribution in [0, 0.1) is 0 Å². The van der Waals surface area contributed by atoms with Crippen molar-refractivity contribution >= 4 is 60.0 Å². The molecule has 1 aliphatic rings. The van der Waals surface area contributed by atoms with Gasteiger partial charge in [0.05, 0.1) is 22.2 Å². The normalized spacial score (nSPS) is 13.4.